The van der Waals surface area contributed by atoms with Crippen molar-refractivity contribution in [3.63, 3.8) is 0 Å². The Morgan fingerprint density at radius 1 is 1.50 bits per heavy atom. The Labute approximate surface area is 104 Å². The molecule has 0 saturated carbocycles. The van der Waals surface area contributed by atoms with Crippen molar-refractivity contribution in [3.05, 3.63) is 24.5 Å². The van der Waals surface area contributed by atoms with Crippen LogP contribution in [-0.2, 0) is 17.9 Å². The van der Waals surface area contributed by atoms with Crippen LogP contribution in [0, 0.1) is 0 Å². The molecule has 1 heterocycles. The molecule has 1 rings (SSSR count). The normalized spacial score (nSPS) is 9.78. The smallest absolute Gasteiger partial charge is 0.325 e. The molecule has 0 saturated heterocycles. The molecule has 8 heteroatoms. The number of nitrogens with one attached hydrogen (secondary N) is 2. The molecule has 0 aliphatic heterocycles. The summed E-state index contributed by atoms with van der Waals surface area (Å²) in [6, 6.07) is -0.315. The van der Waals surface area contributed by atoms with Crippen LogP contribution in [0.4, 0.5) is 4.79 Å². The lowest BCUT2D eigenvalue weighted by atomic mass is 10.4. The van der Waals surface area contributed by atoms with Gasteiger partial charge in [0.15, 0.2) is 0 Å². The molecule has 0 atom stereocenters. The Morgan fingerprint density at radius 3 is 2.94 bits per heavy atom. The minimum Gasteiger partial charge on any atom is -0.480 e. The molecular formula is C10H15N5O3. The van der Waals surface area contributed by atoms with Crippen molar-refractivity contribution >= 4 is 12.0 Å². The van der Waals surface area contributed by atoms with Gasteiger partial charge in [-0.15, -0.1) is 11.7 Å². The van der Waals surface area contributed by atoms with Crippen LogP contribution in [0.3, 0.4) is 0 Å². The zero-order chi connectivity index (χ0) is 13.4. The number of aromatic nitrogens is 3. The van der Waals surface area contributed by atoms with Gasteiger partial charge in [0, 0.05) is 6.54 Å². The quantitative estimate of drug-likeness (QED) is 0.458. The maximum atomic E-state index is 11.3. The summed E-state index contributed by atoms with van der Waals surface area (Å²) < 4.78 is 1.19. The number of rotatable bonds is 7. The Kier molecular flexibility index (Phi) is 5.36. The summed E-state index contributed by atoms with van der Waals surface area (Å²) in [4.78, 5) is 21.7. The Hall–Kier alpha value is -2.38. The first-order chi connectivity index (χ1) is 8.61. The number of amides is 2. The third-order valence-corrected chi connectivity index (χ3v) is 1.95. The Balaban J connectivity index is 2.30. The molecule has 8 nitrogen and oxygen atoms in total. The van der Waals surface area contributed by atoms with Gasteiger partial charge in [0.1, 0.15) is 12.2 Å². The largest absolute Gasteiger partial charge is 0.480 e. The highest BCUT2D eigenvalue weighted by atomic mass is 16.4. The van der Waals surface area contributed by atoms with Crippen LogP contribution >= 0.6 is 0 Å². The van der Waals surface area contributed by atoms with Crippen molar-refractivity contribution in [2.24, 2.45) is 0 Å². The summed E-state index contributed by atoms with van der Waals surface area (Å²) in [6.45, 7) is 3.99. The molecule has 0 bridgehead atoms. The van der Waals surface area contributed by atoms with Gasteiger partial charge in [0.05, 0.1) is 12.7 Å². The predicted octanol–water partition coefficient (Wildman–Crippen LogP) is -0.262. The van der Waals surface area contributed by atoms with Crippen LogP contribution < -0.4 is 10.6 Å². The molecule has 0 fully saturated rings. The van der Waals surface area contributed by atoms with Crippen molar-refractivity contribution in [2.45, 2.75) is 19.5 Å². The minimum absolute atomic E-state index is 0.194. The van der Waals surface area contributed by atoms with E-state index in [2.05, 4.69) is 27.5 Å². The monoisotopic (exact) mass is 253 g/mol. The lowest BCUT2D eigenvalue weighted by molar-refractivity contribution is -0.137. The van der Waals surface area contributed by atoms with Crippen molar-refractivity contribution in [3.8, 4) is 0 Å². The SMILES string of the molecule is C=CCCNC(=O)NCc1cn(CC(=O)O)nn1. The van der Waals surface area contributed by atoms with Crippen LogP contribution in [0.25, 0.3) is 0 Å². The molecule has 0 radical (unpaired) electrons. The van der Waals surface area contributed by atoms with E-state index in [0.29, 0.717) is 18.7 Å². The molecule has 98 valence electrons. The average Bonchev–Trinajstić information content (AvgIpc) is 2.73. The number of hydrogen-bond acceptors (Lipinski definition) is 4. The Morgan fingerprint density at radius 2 is 2.28 bits per heavy atom. The van der Waals surface area contributed by atoms with E-state index in [1.807, 2.05) is 0 Å². The second kappa shape index (κ2) is 7.05. The number of nitrogens with zero attached hydrogens (tertiary/aromatic N) is 3. The first-order valence-electron chi connectivity index (χ1n) is 5.35. The van der Waals surface area contributed by atoms with Gasteiger partial charge < -0.3 is 15.7 Å². The minimum atomic E-state index is -0.999. The fraction of sp³-hybridized carbons (Fsp3) is 0.400. The van der Waals surface area contributed by atoms with Gasteiger partial charge in [0.25, 0.3) is 0 Å². The van der Waals surface area contributed by atoms with Gasteiger partial charge in [-0.1, -0.05) is 11.3 Å². The summed E-state index contributed by atoms with van der Waals surface area (Å²) in [6.07, 6.45) is 3.87. The zero-order valence-corrected chi connectivity index (χ0v) is 9.80. The number of hydrogen-bond donors (Lipinski definition) is 3. The second-order valence-electron chi connectivity index (χ2n) is 3.49. The number of carboxylic acids is 1. The predicted molar refractivity (Wildman–Crippen MR) is 62.7 cm³/mol. The molecule has 0 unspecified atom stereocenters. The maximum absolute atomic E-state index is 11.3. The third kappa shape index (κ3) is 5.10. The highest BCUT2D eigenvalue weighted by Gasteiger charge is 2.05. The third-order valence-electron chi connectivity index (χ3n) is 1.95. The van der Waals surface area contributed by atoms with E-state index in [4.69, 9.17) is 5.11 Å². The number of urea groups is 1. The standard InChI is InChI=1S/C10H15N5O3/c1-2-3-4-11-10(18)12-5-8-6-15(14-13-8)7-9(16)17/h2,6H,1,3-5,7H2,(H,16,17)(H2,11,12,18). The van der Waals surface area contributed by atoms with Gasteiger partial charge in [-0.2, -0.15) is 0 Å². The molecule has 1 aromatic rings. The van der Waals surface area contributed by atoms with Crippen molar-refractivity contribution in [1.82, 2.24) is 25.6 Å². The van der Waals surface area contributed by atoms with Crippen LogP contribution in [-0.4, -0.2) is 38.6 Å². The maximum Gasteiger partial charge on any atom is 0.325 e. The zero-order valence-electron chi connectivity index (χ0n) is 9.80. The van der Waals surface area contributed by atoms with Gasteiger partial charge in [-0.25, -0.2) is 9.48 Å². The second-order valence-corrected chi connectivity index (χ2v) is 3.49. The lowest BCUT2D eigenvalue weighted by Crippen LogP contribution is -2.35. The average molecular weight is 253 g/mol. The summed E-state index contributed by atoms with van der Waals surface area (Å²) in [5, 5.41) is 21.1. The highest BCUT2D eigenvalue weighted by Crippen LogP contribution is 1.92. The van der Waals surface area contributed by atoms with Crippen LogP contribution in [0.5, 0.6) is 0 Å². The van der Waals surface area contributed by atoms with E-state index in [9.17, 15) is 9.59 Å². The molecule has 0 spiro atoms. The van der Waals surface area contributed by atoms with Crippen LogP contribution in [0.2, 0.25) is 0 Å². The van der Waals surface area contributed by atoms with E-state index >= 15 is 0 Å². The summed E-state index contributed by atoms with van der Waals surface area (Å²) in [5.74, 6) is -0.999. The van der Waals surface area contributed by atoms with E-state index in [1.165, 1.54) is 10.9 Å². The molecule has 18 heavy (non-hydrogen) atoms. The van der Waals surface area contributed by atoms with Gasteiger partial charge >= 0.3 is 12.0 Å². The lowest BCUT2D eigenvalue weighted by Gasteiger charge is -2.04. The fourth-order valence-corrected chi connectivity index (χ4v) is 1.16. The number of carbonyl (C=O) groups excluding carboxylic acids is 1. The molecule has 0 aromatic carbocycles. The molecule has 0 aliphatic rings. The van der Waals surface area contributed by atoms with Gasteiger partial charge in [0.2, 0.25) is 0 Å². The van der Waals surface area contributed by atoms with Crippen molar-refractivity contribution in [2.75, 3.05) is 6.54 Å². The van der Waals surface area contributed by atoms with E-state index in [-0.39, 0.29) is 19.1 Å². The van der Waals surface area contributed by atoms with E-state index < -0.39 is 5.97 Å². The van der Waals surface area contributed by atoms with Crippen LogP contribution in [0.15, 0.2) is 18.9 Å². The van der Waals surface area contributed by atoms with Crippen LogP contribution in [0.1, 0.15) is 12.1 Å². The highest BCUT2D eigenvalue weighted by molar-refractivity contribution is 5.73. The van der Waals surface area contributed by atoms with Crippen molar-refractivity contribution in [1.29, 1.82) is 0 Å². The first kappa shape index (κ1) is 13.7. The van der Waals surface area contributed by atoms with Gasteiger partial charge in [-0.3, -0.25) is 4.79 Å². The van der Waals surface area contributed by atoms with Crippen molar-refractivity contribution < 1.29 is 14.7 Å². The topological polar surface area (TPSA) is 109 Å². The molecular weight excluding hydrogens is 238 g/mol. The van der Waals surface area contributed by atoms with Gasteiger partial charge in [-0.05, 0) is 6.42 Å². The fourth-order valence-electron chi connectivity index (χ4n) is 1.16. The van der Waals surface area contributed by atoms with E-state index in [0.717, 1.165) is 0 Å². The molecule has 0 aliphatic carbocycles. The molecule has 3 N–H and O–H groups in total. The number of aliphatic carboxylic acids is 1. The Bertz CT molecular complexity index is 429. The molecule has 1 aromatic heterocycles. The summed E-state index contributed by atoms with van der Waals surface area (Å²) in [7, 11) is 0. The summed E-state index contributed by atoms with van der Waals surface area (Å²) >= 11 is 0. The summed E-state index contributed by atoms with van der Waals surface area (Å²) in [5.41, 5.74) is 0.495. The number of carbonyl (C=O) groups is 2. The molecule has 2 amide bonds. The first-order valence-corrected chi connectivity index (χ1v) is 5.35. The number of carboxylic acid groups (broad SMARTS) is 1. The van der Waals surface area contributed by atoms with E-state index in [1.54, 1.807) is 6.08 Å².